The Kier molecular flexibility index (Phi) is 2.54. The Hall–Kier alpha value is -2.03. The molecule has 0 unspecified atom stereocenters. The van der Waals surface area contributed by atoms with Crippen molar-refractivity contribution in [3.63, 3.8) is 0 Å². The topological polar surface area (TPSA) is 38.3 Å². The van der Waals surface area contributed by atoms with E-state index in [1.54, 1.807) is 6.26 Å². The molecule has 0 saturated carbocycles. The summed E-state index contributed by atoms with van der Waals surface area (Å²) in [5.41, 5.74) is 1.72. The van der Waals surface area contributed by atoms with Gasteiger partial charge in [0.25, 0.3) is 0 Å². The minimum atomic E-state index is -0.0772. The molecule has 0 aromatic heterocycles. The molecule has 0 atom stereocenters. The van der Waals surface area contributed by atoms with Gasteiger partial charge in [-0.2, -0.15) is 0 Å². The van der Waals surface area contributed by atoms with Crippen molar-refractivity contribution in [2.24, 2.45) is 0 Å². The second-order valence-corrected chi connectivity index (χ2v) is 3.24. The van der Waals surface area contributed by atoms with E-state index >= 15 is 0 Å². The Morgan fingerprint density at radius 3 is 3.00 bits per heavy atom. The average Bonchev–Trinajstić information content (AvgIpc) is 2.41. The van der Waals surface area contributed by atoms with Crippen molar-refractivity contribution >= 4 is 17.7 Å². The first kappa shape index (κ1) is 9.52. The summed E-state index contributed by atoms with van der Waals surface area (Å²) < 4.78 is 5.35. The molecule has 0 aliphatic carbocycles. The lowest BCUT2D eigenvalue weighted by atomic mass is 10.1. The first-order valence-electron chi connectivity index (χ1n) is 4.67. The van der Waals surface area contributed by atoms with Gasteiger partial charge in [0.05, 0.1) is 6.26 Å². The second-order valence-electron chi connectivity index (χ2n) is 3.24. The summed E-state index contributed by atoms with van der Waals surface area (Å²) in [5, 5.41) is 2.73. The number of carbonyl (C=O) groups is 1. The van der Waals surface area contributed by atoms with Gasteiger partial charge < -0.3 is 10.1 Å². The third-order valence-electron chi connectivity index (χ3n) is 1.99. The molecule has 1 aromatic carbocycles. The van der Waals surface area contributed by atoms with Gasteiger partial charge in [-0.25, -0.2) is 0 Å². The Labute approximate surface area is 88.1 Å². The van der Waals surface area contributed by atoms with Crippen LogP contribution < -0.4 is 10.1 Å². The molecule has 0 spiro atoms. The highest BCUT2D eigenvalue weighted by Gasteiger charge is 2.04. The number of hydrogen-bond acceptors (Lipinski definition) is 2. The maximum absolute atomic E-state index is 10.9. The van der Waals surface area contributed by atoms with Crippen LogP contribution in [0.3, 0.4) is 0 Å². The number of carbonyl (C=O) groups excluding carboxylic acids is 1. The number of rotatable bonds is 1. The molecule has 1 N–H and O–H groups in total. The first-order valence-corrected chi connectivity index (χ1v) is 4.67. The van der Waals surface area contributed by atoms with Gasteiger partial charge in [0.15, 0.2) is 0 Å². The summed E-state index contributed by atoms with van der Waals surface area (Å²) in [4.78, 5) is 10.9. The average molecular weight is 201 g/mol. The molecular weight excluding hydrogens is 190 g/mol. The maximum atomic E-state index is 10.9. The van der Waals surface area contributed by atoms with Crippen LogP contribution in [0.4, 0.5) is 5.69 Å². The van der Waals surface area contributed by atoms with Gasteiger partial charge in [0, 0.05) is 18.2 Å². The van der Waals surface area contributed by atoms with E-state index in [-0.39, 0.29) is 5.91 Å². The van der Waals surface area contributed by atoms with E-state index in [9.17, 15) is 4.79 Å². The molecule has 76 valence electrons. The van der Waals surface area contributed by atoms with Gasteiger partial charge >= 0.3 is 0 Å². The predicted octanol–water partition coefficient (Wildman–Crippen LogP) is 2.56. The minimum absolute atomic E-state index is 0.0772. The molecule has 0 saturated heterocycles. The van der Waals surface area contributed by atoms with E-state index in [0.29, 0.717) is 0 Å². The highest BCUT2D eigenvalue weighted by atomic mass is 16.5. The van der Waals surface area contributed by atoms with Gasteiger partial charge in [-0.15, -0.1) is 0 Å². The summed E-state index contributed by atoms with van der Waals surface area (Å²) in [6.45, 7) is 1.49. The lowest BCUT2D eigenvalue weighted by Gasteiger charge is -2.07. The third kappa shape index (κ3) is 2.26. The number of fused-ring (bicyclic) bond motifs is 1. The normalized spacial score (nSPS) is 12.6. The zero-order valence-corrected chi connectivity index (χ0v) is 8.36. The molecular formula is C12H11NO2. The summed E-state index contributed by atoms with van der Waals surface area (Å²) >= 11 is 0. The number of ether oxygens (including phenoxy) is 1. The number of hydrogen-bond donors (Lipinski definition) is 1. The molecule has 1 heterocycles. The summed E-state index contributed by atoms with van der Waals surface area (Å²) in [6.07, 6.45) is 7.27. The first-order chi connectivity index (χ1) is 7.25. The molecule has 15 heavy (non-hydrogen) atoms. The van der Waals surface area contributed by atoms with E-state index in [1.165, 1.54) is 6.92 Å². The van der Waals surface area contributed by atoms with Crippen LogP contribution in [0.15, 0.2) is 36.6 Å². The fraction of sp³-hybridized carbons (Fsp3) is 0.0833. The van der Waals surface area contributed by atoms with Crippen LogP contribution in [0, 0.1) is 0 Å². The molecule has 0 radical (unpaired) electrons. The molecule has 0 bridgehead atoms. The fourth-order valence-corrected chi connectivity index (χ4v) is 1.38. The van der Waals surface area contributed by atoms with Crippen molar-refractivity contribution in [1.29, 1.82) is 0 Å². The van der Waals surface area contributed by atoms with Crippen molar-refractivity contribution in [2.45, 2.75) is 6.92 Å². The van der Waals surface area contributed by atoms with Crippen LogP contribution in [-0.2, 0) is 4.79 Å². The van der Waals surface area contributed by atoms with Gasteiger partial charge in [0.2, 0.25) is 5.91 Å². The van der Waals surface area contributed by atoms with E-state index in [4.69, 9.17) is 4.74 Å². The van der Waals surface area contributed by atoms with Crippen LogP contribution in [-0.4, -0.2) is 5.91 Å². The summed E-state index contributed by atoms with van der Waals surface area (Å²) in [5.74, 6) is 0.709. The smallest absolute Gasteiger partial charge is 0.221 e. The Morgan fingerprint density at radius 1 is 1.33 bits per heavy atom. The summed E-state index contributed by atoms with van der Waals surface area (Å²) in [6, 6.07) is 5.52. The molecule has 0 fully saturated rings. The van der Waals surface area contributed by atoms with Crippen LogP contribution in [0.5, 0.6) is 5.75 Å². The number of allylic oxidation sites excluding steroid dienone is 2. The largest absolute Gasteiger partial charge is 0.464 e. The van der Waals surface area contributed by atoms with Gasteiger partial charge in [-0.3, -0.25) is 4.79 Å². The summed E-state index contributed by atoms with van der Waals surface area (Å²) in [7, 11) is 0. The molecule has 1 aliphatic heterocycles. The van der Waals surface area contributed by atoms with E-state index in [2.05, 4.69) is 5.32 Å². The molecule has 1 amide bonds. The molecule has 2 rings (SSSR count). The van der Waals surface area contributed by atoms with E-state index in [0.717, 1.165) is 17.0 Å². The maximum Gasteiger partial charge on any atom is 0.221 e. The van der Waals surface area contributed by atoms with Crippen molar-refractivity contribution in [3.05, 3.63) is 42.2 Å². The van der Waals surface area contributed by atoms with Gasteiger partial charge in [-0.1, -0.05) is 12.2 Å². The minimum Gasteiger partial charge on any atom is -0.464 e. The fourth-order valence-electron chi connectivity index (χ4n) is 1.38. The number of benzene rings is 1. The SMILES string of the molecule is CC(=O)Nc1ccc2c(c1)C=CC=CO2. The second kappa shape index (κ2) is 4.00. The lowest BCUT2D eigenvalue weighted by Crippen LogP contribution is -2.05. The van der Waals surface area contributed by atoms with Crippen LogP contribution >= 0.6 is 0 Å². The third-order valence-corrected chi connectivity index (χ3v) is 1.99. The zero-order valence-electron chi connectivity index (χ0n) is 8.36. The lowest BCUT2D eigenvalue weighted by molar-refractivity contribution is -0.114. The van der Waals surface area contributed by atoms with E-state index in [1.807, 2.05) is 36.4 Å². The Bertz CT molecular complexity index is 447. The number of anilines is 1. The molecule has 1 aliphatic rings. The van der Waals surface area contributed by atoms with Crippen molar-refractivity contribution in [3.8, 4) is 5.75 Å². The van der Waals surface area contributed by atoms with Gasteiger partial charge in [-0.05, 0) is 24.3 Å². The zero-order chi connectivity index (χ0) is 10.7. The highest BCUT2D eigenvalue weighted by molar-refractivity contribution is 5.89. The van der Waals surface area contributed by atoms with Crippen LogP contribution in [0.25, 0.3) is 6.08 Å². The quantitative estimate of drug-likeness (QED) is 0.758. The number of amides is 1. The number of nitrogens with one attached hydrogen (secondary N) is 1. The predicted molar refractivity (Wildman–Crippen MR) is 59.5 cm³/mol. The molecule has 1 aromatic rings. The molecule has 3 nitrogen and oxygen atoms in total. The van der Waals surface area contributed by atoms with E-state index < -0.39 is 0 Å². The monoisotopic (exact) mass is 201 g/mol. The Balaban J connectivity index is 2.33. The van der Waals surface area contributed by atoms with Crippen LogP contribution in [0.2, 0.25) is 0 Å². The van der Waals surface area contributed by atoms with Crippen molar-refractivity contribution in [1.82, 2.24) is 0 Å². The molecule has 3 heteroatoms. The highest BCUT2D eigenvalue weighted by Crippen LogP contribution is 2.25. The Morgan fingerprint density at radius 2 is 2.20 bits per heavy atom. The standard InChI is InChI=1S/C12H11NO2/c1-9(14)13-11-5-6-12-10(8-11)4-2-3-7-15-12/h2-8H,1H3,(H,13,14). The van der Waals surface area contributed by atoms with Gasteiger partial charge in [0.1, 0.15) is 5.75 Å². The van der Waals surface area contributed by atoms with Crippen LogP contribution in [0.1, 0.15) is 12.5 Å². The van der Waals surface area contributed by atoms with Crippen molar-refractivity contribution < 1.29 is 9.53 Å². The van der Waals surface area contributed by atoms with Crippen molar-refractivity contribution in [2.75, 3.05) is 5.32 Å².